The van der Waals surface area contributed by atoms with E-state index in [-0.39, 0.29) is 0 Å². The van der Waals surface area contributed by atoms with E-state index in [0.717, 1.165) is 18.4 Å². The summed E-state index contributed by atoms with van der Waals surface area (Å²) in [5, 5.41) is 2.97. The van der Waals surface area contributed by atoms with E-state index in [1.54, 1.807) is 0 Å². The predicted octanol–water partition coefficient (Wildman–Crippen LogP) is 1.88. The molecule has 0 spiro atoms. The molecule has 2 heterocycles. The van der Waals surface area contributed by atoms with Crippen molar-refractivity contribution in [2.75, 3.05) is 39.1 Å². The van der Waals surface area contributed by atoms with Crippen LogP contribution in [0, 0.1) is 0 Å². The molecule has 0 saturated carbocycles. The molecule has 92 valence electrons. The third-order valence-corrected chi connectivity index (χ3v) is 5.73. The molecule has 16 heavy (non-hydrogen) atoms. The second-order valence-electron chi connectivity index (χ2n) is 4.72. The predicted molar refractivity (Wildman–Crippen MR) is 75.8 cm³/mol. The number of hydrogen-bond donors (Lipinski definition) is 0. The minimum atomic E-state index is 0.648. The Kier molecular flexibility index (Phi) is 4.56. The number of aliphatic imine (C=N–C) groups is 1. The van der Waals surface area contributed by atoms with E-state index in [2.05, 4.69) is 44.8 Å². The monoisotopic (exact) mass is 305 g/mol. The van der Waals surface area contributed by atoms with Gasteiger partial charge in [-0.2, -0.15) is 0 Å². The number of alkyl halides is 1. The number of halogens is 1. The summed E-state index contributed by atoms with van der Waals surface area (Å²) >= 11 is 5.48. The SMILES string of the molecule is CN(C)C1CCCN(C2=NCC(CBr)S2)C1. The Bertz CT molecular complexity index is 270. The van der Waals surface area contributed by atoms with E-state index in [1.165, 1.54) is 24.6 Å². The number of likely N-dealkylation sites (tertiary alicyclic amines) is 1. The quantitative estimate of drug-likeness (QED) is 0.726. The van der Waals surface area contributed by atoms with E-state index < -0.39 is 0 Å². The zero-order valence-electron chi connectivity index (χ0n) is 10.0. The van der Waals surface area contributed by atoms with Crippen molar-refractivity contribution in [1.82, 2.24) is 9.80 Å². The highest BCUT2D eigenvalue weighted by Crippen LogP contribution is 2.27. The summed E-state index contributed by atoms with van der Waals surface area (Å²) in [7, 11) is 4.36. The van der Waals surface area contributed by atoms with Crippen LogP contribution in [0.4, 0.5) is 0 Å². The van der Waals surface area contributed by atoms with Gasteiger partial charge in [0, 0.05) is 29.7 Å². The van der Waals surface area contributed by atoms with Gasteiger partial charge in [0.1, 0.15) is 0 Å². The van der Waals surface area contributed by atoms with Crippen LogP contribution in [-0.4, -0.2) is 65.3 Å². The molecule has 2 atom stereocenters. The Labute approximate surface area is 111 Å². The molecule has 0 bridgehead atoms. The molecule has 0 aromatic carbocycles. The lowest BCUT2D eigenvalue weighted by Crippen LogP contribution is -2.46. The summed E-state index contributed by atoms with van der Waals surface area (Å²) in [6.07, 6.45) is 2.62. The third kappa shape index (κ3) is 2.93. The zero-order valence-corrected chi connectivity index (χ0v) is 12.4. The molecule has 0 N–H and O–H groups in total. The molecule has 2 aliphatic rings. The Morgan fingerprint density at radius 3 is 3.00 bits per heavy atom. The summed E-state index contributed by atoms with van der Waals surface area (Å²) < 4.78 is 0. The Morgan fingerprint density at radius 2 is 2.38 bits per heavy atom. The minimum absolute atomic E-state index is 0.648. The van der Waals surface area contributed by atoms with Crippen LogP contribution in [0.2, 0.25) is 0 Å². The number of nitrogens with zero attached hydrogens (tertiary/aromatic N) is 3. The van der Waals surface area contributed by atoms with Crippen molar-refractivity contribution in [1.29, 1.82) is 0 Å². The Hall–Kier alpha value is 0.260. The first kappa shape index (κ1) is 12.7. The fourth-order valence-electron chi connectivity index (χ4n) is 2.21. The second kappa shape index (κ2) is 5.74. The minimum Gasteiger partial charge on any atom is -0.350 e. The van der Waals surface area contributed by atoms with Crippen molar-refractivity contribution in [3.05, 3.63) is 0 Å². The van der Waals surface area contributed by atoms with Gasteiger partial charge in [-0.15, -0.1) is 0 Å². The lowest BCUT2D eigenvalue weighted by molar-refractivity contribution is 0.186. The van der Waals surface area contributed by atoms with Gasteiger partial charge in [0.15, 0.2) is 5.17 Å². The van der Waals surface area contributed by atoms with Crippen LogP contribution in [0.25, 0.3) is 0 Å². The molecule has 3 nitrogen and oxygen atoms in total. The molecule has 0 aromatic heterocycles. The van der Waals surface area contributed by atoms with Crippen LogP contribution in [0.1, 0.15) is 12.8 Å². The van der Waals surface area contributed by atoms with Gasteiger partial charge in [0.05, 0.1) is 6.54 Å². The van der Waals surface area contributed by atoms with Crippen LogP contribution >= 0.6 is 27.7 Å². The number of hydrogen-bond acceptors (Lipinski definition) is 4. The first-order chi connectivity index (χ1) is 7.70. The normalized spacial score (nSPS) is 31.0. The largest absolute Gasteiger partial charge is 0.350 e. The van der Waals surface area contributed by atoms with E-state index >= 15 is 0 Å². The maximum absolute atomic E-state index is 4.66. The molecule has 0 aliphatic carbocycles. The van der Waals surface area contributed by atoms with Crippen molar-refractivity contribution < 1.29 is 0 Å². The Morgan fingerprint density at radius 1 is 1.56 bits per heavy atom. The summed E-state index contributed by atoms with van der Waals surface area (Å²) in [5.74, 6) is 0. The van der Waals surface area contributed by atoms with E-state index in [1.807, 2.05) is 11.8 Å². The fraction of sp³-hybridized carbons (Fsp3) is 0.909. The molecule has 2 unspecified atom stereocenters. The van der Waals surface area contributed by atoms with Crippen LogP contribution < -0.4 is 0 Å². The molecule has 2 aliphatic heterocycles. The van der Waals surface area contributed by atoms with E-state index in [4.69, 9.17) is 0 Å². The van der Waals surface area contributed by atoms with Crippen molar-refractivity contribution in [2.24, 2.45) is 4.99 Å². The van der Waals surface area contributed by atoms with Crippen molar-refractivity contribution in [2.45, 2.75) is 24.1 Å². The third-order valence-electron chi connectivity index (χ3n) is 3.27. The number of amidine groups is 1. The first-order valence-electron chi connectivity index (χ1n) is 5.89. The van der Waals surface area contributed by atoms with Gasteiger partial charge >= 0.3 is 0 Å². The molecule has 2 rings (SSSR count). The molecule has 0 radical (unpaired) electrons. The standard InChI is InChI=1S/C11H20BrN3S/c1-14(2)9-4-3-5-15(8-9)11-13-7-10(6-12)16-11/h9-10H,3-8H2,1-2H3. The molecule has 1 fully saturated rings. The van der Waals surface area contributed by atoms with Crippen molar-refractivity contribution >= 4 is 32.9 Å². The zero-order chi connectivity index (χ0) is 11.5. The highest BCUT2D eigenvalue weighted by Gasteiger charge is 2.28. The van der Waals surface area contributed by atoms with Gasteiger partial charge in [0.2, 0.25) is 0 Å². The van der Waals surface area contributed by atoms with Crippen LogP contribution in [-0.2, 0) is 0 Å². The Balaban J connectivity index is 1.90. The smallest absolute Gasteiger partial charge is 0.159 e. The molecule has 5 heteroatoms. The average Bonchev–Trinajstić information content (AvgIpc) is 2.77. The molecular weight excluding hydrogens is 286 g/mol. The van der Waals surface area contributed by atoms with Crippen LogP contribution in [0.3, 0.4) is 0 Å². The van der Waals surface area contributed by atoms with Gasteiger partial charge in [-0.3, -0.25) is 4.99 Å². The van der Waals surface area contributed by atoms with Crippen molar-refractivity contribution in [3.63, 3.8) is 0 Å². The lowest BCUT2D eigenvalue weighted by atomic mass is 10.1. The van der Waals surface area contributed by atoms with E-state index in [0.29, 0.717) is 11.3 Å². The average molecular weight is 306 g/mol. The van der Waals surface area contributed by atoms with Crippen molar-refractivity contribution in [3.8, 4) is 0 Å². The number of thioether (sulfide) groups is 1. The first-order valence-corrected chi connectivity index (χ1v) is 7.89. The lowest BCUT2D eigenvalue weighted by Gasteiger charge is -2.37. The molecule has 0 aromatic rings. The van der Waals surface area contributed by atoms with Gasteiger partial charge in [-0.05, 0) is 26.9 Å². The summed E-state index contributed by atoms with van der Waals surface area (Å²) in [6.45, 7) is 3.31. The summed E-state index contributed by atoms with van der Waals surface area (Å²) in [5.41, 5.74) is 0. The maximum atomic E-state index is 4.66. The summed E-state index contributed by atoms with van der Waals surface area (Å²) in [6, 6.07) is 0.695. The second-order valence-corrected chi connectivity index (χ2v) is 6.64. The number of likely N-dealkylation sites (N-methyl/N-ethyl adjacent to an activating group) is 1. The number of piperidine rings is 1. The van der Waals surface area contributed by atoms with Gasteiger partial charge in [0.25, 0.3) is 0 Å². The molecule has 1 saturated heterocycles. The van der Waals surface area contributed by atoms with Crippen LogP contribution in [0.15, 0.2) is 4.99 Å². The fourth-order valence-corrected chi connectivity index (χ4v) is 3.78. The van der Waals surface area contributed by atoms with Gasteiger partial charge in [-0.25, -0.2) is 0 Å². The highest BCUT2D eigenvalue weighted by atomic mass is 79.9. The molecular formula is C11H20BrN3S. The topological polar surface area (TPSA) is 18.8 Å². The van der Waals surface area contributed by atoms with E-state index in [9.17, 15) is 0 Å². The van der Waals surface area contributed by atoms with Crippen LogP contribution in [0.5, 0.6) is 0 Å². The highest BCUT2D eigenvalue weighted by molar-refractivity contribution is 9.09. The summed E-state index contributed by atoms with van der Waals surface area (Å²) in [4.78, 5) is 9.48. The van der Waals surface area contributed by atoms with Gasteiger partial charge < -0.3 is 9.80 Å². The number of rotatable bonds is 2. The molecule has 0 amide bonds. The maximum Gasteiger partial charge on any atom is 0.159 e. The van der Waals surface area contributed by atoms with Gasteiger partial charge in [-0.1, -0.05) is 27.7 Å².